The van der Waals surface area contributed by atoms with Crippen LogP contribution in [-0.2, 0) is 9.47 Å². The maximum Gasteiger partial charge on any atom is 1.00 e. The zero-order valence-corrected chi connectivity index (χ0v) is 15.1. The van der Waals surface area contributed by atoms with Crippen LogP contribution in [0.15, 0.2) is 12.1 Å². The van der Waals surface area contributed by atoms with Crippen molar-refractivity contribution in [1.82, 2.24) is 0 Å². The fourth-order valence-electron chi connectivity index (χ4n) is 2.20. The Kier molecular flexibility index (Phi) is 12.8. The van der Waals surface area contributed by atoms with Crippen molar-refractivity contribution in [2.24, 2.45) is 0 Å². The van der Waals surface area contributed by atoms with Crippen LogP contribution in [0.1, 0.15) is 42.4 Å². The van der Waals surface area contributed by atoms with Gasteiger partial charge >= 0.3 is 18.9 Å². The molecule has 2 nitrogen and oxygen atoms in total. The predicted molar refractivity (Wildman–Crippen MR) is 88.7 cm³/mol. The van der Waals surface area contributed by atoms with Crippen molar-refractivity contribution in [2.75, 3.05) is 26.4 Å². The van der Waals surface area contributed by atoms with Gasteiger partial charge in [-0.3, -0.25) is 0 Å². The zero-order valence-electron chi connectivity index (χ0n) is 14.1. The van der Waals surface area contributed by atoms with E-state index in [0.29, 0.717) is 0 Å². The Morgan fingerprint density at radius 2 is 1.10 bits per heavy atom. The molecular formula is C17H28LiO2P. The molecule has 114 valence electrons. The molecule has 0 aliphatic carbocycles. The molecule has 0 N–H and O–H groups in total. The summed E-state index contributed by atoms with van der Waals surface area (Å²) < 4.78 is 9.89. The molecule has 21 heavy (non-hydrogen) atoms. The number of hydrogen-bond donors (Lipinski definition) is 0. The minimum atomic E-state index is 0. The van der Waals surface area contributed by atoms with E-state index in [-0.39, 0.29) is 18.9 Å². The van der Waals surface area contributed by atoms with Gasteiger partial charge in [0, 0.05) is 26.4 Å². The molecule has 0 unspecified atom stereocenters. The minimum Gasteiger partial charge on any atom is -0.524 e. The molecule has 0 bridgehead atoms. The third kappa shape index (κ3) is 9.72. The molecule has 0 atom stereocenters. The molecule has 1 aromatic rings. The van der Waals surface area contributed by atoms with Crippen molar-refractivity contribution >= 4 is 14.5 Å². The van der Waals surface area contributed by atoms with Crippen LogP contribution in [0.5, 0.6) is 0 Å². The molecule has 1 aromatic carbocycles. The maximum absolute atomic E-state index is 4.94. The largest absolute Gasteiger partial charge is 1.00 e. The average Bonchev–Trinajstić information content (AvgIpc) is 3.12. The van der Waals surface area contributed by atoms with E-state index < -0.39 is 0 Å². The second-order valence-corrected chi connectivity index (χ2v) is 5.91. The summed E-state index contributed by atoms with van der Waals surface area (Å²) in [5.74, 6) is 0. The van der Waals surface area contributed by atoms with Gasteiger partial charge in [-0.25, -0.2) is 5.30 Å². The summed E-state index contributed by atoms with van der Waals surface area (Å²) in [4.78, 5) is 0. The Labute approximate surface area is 144 Å². The standard InChI is InChI=1S/C9H12P.2C4H8O.Li/c1-6-4-7(2)9(10)8(3)5-6;2*1-2-4-5-3-1;/h4-5,10H,1-3H3;2*1-4H2;/q-1;;;+1. The first-order valence-corrected chi connectivity index (χ1v) is 8.06. The van der Waals surface area contributed by atoms with E-state index in [4.69, 9.17) is 9.47 Å². The number of aryl methyl sites for hydroxylation is 3. The van der Waals surface area contributed by atoms with Crippen LogP contribution in [0.3, 0.4) is 0 Å². The first-order valence-electron chi connectivity index (χ1n) is 7.56. The van der Waals surface area contributed by atoms with Gasteiger partial charge in [-0.15, -0.1) is 0 Å². The smallest absolute Gasteiger partial charge is 0.524 e. The molecule has 2 saturated heterocycles. The van der Waals surface area contributed by atoms with Gasteiger partial charge in [-0.2, -0.15) is 0 Å². The normalized spacial score (nSPS) is 16.2. The molecular weight excluding hydrogens is 274 g/mol. The van der Waals surface area contributed by atoms with Gasteiger partial charge in [-0.1, -0.05) is 28.8 Å². The van der Waals surface area contributed by atoms with Crippen molar-refractivity contribution < 1.29 is 28.3 Å². The molecule has 2 heterocycles. The SMILES string of the molecule is C1CCOC1.C1CCOC1.Cc1cc(C)c([PH-])c(C)c1.[Li+]. The molecule has 4 heteroatoms. The molecule has 0 saturated carbocycles. The minimum absolute atomic E-state index is 0. The van der Waals surface area contributed by atoms with Gasteiger partial charge in [0.05, 0.1) is 0 Å². The van der Waals surface area contributed by atoms with Crippen LogP contribution in [0, 0.1) is 20.8 Å². The molecule has 0 spiro atoms. The monoisotopic (exact) mass is 302 g/mol. The summed E-state index contributed by atoms with van der Waals surface area (Å²) in [7, 11) is 3.56. The van der Waals surface area contributed by atoms with E-state index in [2.05, 4.69) is 42.1 Å². The van der Waals surface area contributed by atoms with Crippen LogP contribution in [0.2, 0.25) is 0 Å². The Morgan fingerprint density at radius 1 is 0.762 bits per heavy atom. The van der Waals surface area contributed by atoms with E-state index in [1.54, 1.807) is 0 Å². The van der Waals surface area contributed by atoms with Crippen LogP contribution in [0.4, 0.5) is 0 Å². The molecule has 0 amide bonds. The molecule has 0 aromatic heterocycles. The number of benzene rings is 1. The van der Waals surface area contributed by atoms with Gasteiger partial charge in [0.15, 0.2) is 0 Å². The van der Waals surface area contributed by atoms with Gasteiger partial charge in [0.2, 0.25) is 0 Å². The van der Waals surface area contributed by atoms with Gasteiger partial charge < -0.3 is 18.7 Å². The molecule has 2 aliphatic heterocycles. The van der Waals surface area contributed by atoms with Gasteiger partial charge in [-0.05, 0) is 46.5 Å². The van der Waals surface area contributed by atoms with Crippen molar-refractivity contribution in [3.8, 4) is 0 Å². The summed E-state index contributed by atoms with van der Waals surface area (Å²) in [5, 5.41) is 1.23. The molecule has 0 radical (unpaired) electrons. The summed E-state index contributed by atoms with van der Waals surface area (Å²) in [6, 6.07) is 4.35. The summed E-state index contributed by atoms with van der Waals surface area (Å²) in [6.07, 6.45) is 5.11. The number of rotatable bonds is 0. The van der Waals surface area contributed by atoms with Crippen LogP contribution in [0.25, 0.3) is 0 Å². The Morgan fingerprint density at radius 3 is 1.33 bits per heavy atom. The maximum atomic E-state index is 4.94. The molecule has 2 fully saturated rings. The second-order valence-electron chi connectivity index (χ2n) is 5.41. The number of hydrogen-bond acceptors (Lipinski definition) is 2. The second kappa shape index (κ2) is 12.7. The van der Waals surface area contributed by atoms with Crippen LogP contribution < -0.4 is 24.2 Å². The first-order chi connectivity index (χ1) is 9.61. The van der Waals surface area contributed by atoms with Crippen molar-refractivity contribution in [2.45, 2.75) is 46.5 Å². The van der Waals surface area contributed by atoms with E-state index in [1.807, 2.05) is 0 Å². The van der Waals surface area contributed by atoms with Crippen molar-refractivity contribution in [3.63, 3.8) is 0 Å². The Bertz CT molecular complexity index is 340. The quantitative estimate of drug-likeness (QED) is 0.525. The molecule has 2 aliphatic rings. The van der Waals surface area contributed by atoms with E-state index in [1.165, 1.54) is 47.7 Å². The summed E-state index contributed by atoms with van der Waals surface area (Å²) in [6.45, 7) is 10.3. The van der Waals surface area contributed by atoms with Gasteiger partial charge in [0.25, 0.3) is 0 Å². The van der Waals surface area contributed by atoms with E-state index in [0.717, 1.165) is 26.4 Å². The van der Waals surface area contributed by atoms with Crippen molar-refractivity contribution in [3.05, 3.63) is 28.8 Å². The third-order valence-electron chi connectivity index (χ3n) is 3.33. The average molecular weight is 302 g/mol. The number of ether oxygens (including phenoxy) is 2. The van der Waals surface area contributed by atoms with Crippen LogP contribution in [-0.4, -0.2) is 26.4 Å². The first kappa shape index (κ1) is 21.2. The summed E-state index contributed by atoms with van der Waals surface area (Å²) in [5.41, 5.74) is 3.96. The Balaban J connectivity index is 0.000000307. The zero-order chi connectivity index (χ0) is 14.8. The Hall–Kier alpha value is 0.167. The predicted octanol–water partition coefficient (Wildman–Crippen LogP) is 0.978. The van der Waals surface area contributed by atoms with E-state index >= 15 is 0 Å². The summed E-state index contributed by atoms with van der Waals surface area (Å²) >= 11 is 0. The van der Waals surface area contributed by atoms with E-state index in [9.17, 15) is 0 Å². The fourth-order valence-corrected chi connectivity index (χ4v) is 2.34. The van der Waals surface area contributed by atoms with Crippen molar-refractivity contribution in [1.29, 1.82) is 0 Å². The third-order valence-corrected chi connectivity index (χ3v) is 4.12. The topological polar surface area (TPSA) is 18.5 Å². The molecule has 3 rings (SSSR count). The van der Waals surface area contributed by atoms with Crippen LogP contribution >= 0.6 is 9.24 Å². The fraction of sp³-hybridized carbons (Fsp3) is 0.647. The van der Waals surface area contributed by atoms with Gasteiger partial charge in [0.1, 0.15) is 0 Å².